The number of halogens is 6. The van der Waals surface area contributed by atoms with E-state index in [4.69, 9.17) is 9.47 Å². The van der Waals surface area contributed by atoms with Gasteiger partial charge in [-0.1, -0.05) is 30.3 Å². The summed E-state index contributed by atoms with van der Waals surface area (Å²) < 4.78 is 90.7. The predicted molar refractivity (Wildman–Crippen MR) is 129 cm³/mol. The van der Waals surface area contributed by atoms with Crippen LogP contribution in [0.3, 0.4) is 0 Å². The molecule has 0 radical (unpaired) electrons. The van der Waals surface area contributed by atoms with Gasteiger partial charge in [-0.05, 0) is 48.6 Å². The van der Waals surface area contributed by atoms with E-state index < -0.39 is 30.0 Å². The first-order valence-electron chi connectivity index (χ1n) is 12.2. The molecule has 4 rings (SSSR count). The summed E-state index contributed by atoms with van der Waals surface area (Å²) in [6.45, 7) is -0.305. The summed E-state index contributed by atoms with van der Waals surface area (Å²) in [4.78, 5) is 7.71. The Morgan fingerprint density at radius 2 is 1.74 bits per heavy atom. The SMILES string of the molecule is COc1cccc(CCc2ccccc2OCC(O)CN2CCc3c(nc(C(F)(F)F)nc3C(F)(F)F)C2)c1. The maximum atomic E-state index is 13.4. The molecule has 39 heavy (non-hydrogen) atoms. The lowest BCUT2D eigenvalue weighted by molar-refractivity contribution is -0.153. The van der Waals surface area contributed by atoms with Gasteiger partial charge in [-0.3, -0.25) is 4.90 Å². The van der Waals surface area contributed by atoms with Gasteiger partial charge >= 0.3 is 12.4 Å². The van der Waals surface area contributed by atoms with Crippen molar-refractivity contribution in [1.29, 1.82) is 0 Å². The molecule has 2 heterocycles. The van der Waals surface area contributed by atoms with E-state index in [9.17, 15) is 31.4 Å². The number of benzene rings is 2. The highest BCUT2D eigenvalue weighted by molar-refractivity contribution is 5.35. The fraction of sp³-hybridized carbons (Fsp3) is 0.407. The highest BCUT2D eigenvalue weighted by Gasteiger charge is 2.43. The number of rotatable bonds is 9. The summed E-state index contributed by atoms with van der Waals surface area (Å²) in [5.41, 5.74) is -0.237. The number of aromatic nitrogens is 2. The van der Waals surface area contributed by atoms with Crippen LogP contribution in [0.25, 0.3) is 0 Å². The number of fused-ring (bicyclic) bond motifs is 1. The van der Waals surface area contributed by atoms with Crippen LogP contribution in [-0.4, -0.2) is 52.9 Å². The molecule has 0 spiro atoms. The van der Waals surface area contributed by atoms with E-state index in [1.165, 1.54) is 0 Å². The maximum Gasteiger partial charge on any atom is 0.451 e. The number of aliphatic hydroxyl groups excluding tert-OH is 1. The van der Waals surface area contributed by atoms with Crippen LogP contribution in [0, 0.1) is 0 Å². The summed E-state index contributed by atoms with van der Waals surface area (Å²) in [6, 6.07) is 15.1. The molecular formula is C27H27F6N3O3. The summed E-state index contributed by atoms with van der Waals surface area (Å²) in [7, 11) is 1.60. The van der Waals surface area contributed by atoms with Crippen LogP contribution in [0.2, 0.25) is 0 Å². The molecule has 210 valence electrons. The summed E-state index contributed by atoms with van der Waals surface area (Å²) >= 11 is 0. The Morgan fingerprint density at radius 1 is 0.974 bits per heavy atom. The Bertz CT molecular complexity index is 1280. The third-order valence-corrected chi connectivity index (χ3v) is 6.36. The number of aliphatic hydroxyl groups is 1. The minimum absolute atomic E-state index is 0.0158. The van der Waals surface area contributed by atoms with Crippen molar-refractivity contribution in [3.05, 3.63) is 82.4 Å². The number of para-hydroxylation sites is 1. The largest absolute Gasteiger partial charge is 0.497 e. The van der Waals surface area contributed by atoms with E-state index in [1.54, 1.807) is 24.1 Å². The molecule has 1 atom stereocenters. The molecule has 0 saturated carbocycles. The van der Waals surface area contributed by atoms with E-state index in [1.807, 2.05) is 36.4 Å². The zero-order valence-corrected chi connectivity index (χ0v) is 21.0. The Morgan fingerprint density at radius 3 is 2.46 bits per heavy atom. The molecule has 1 aliphatic rings. The van der Waals surface area contributed by atoms with E-state index >= 15 is 0 Å². The molecule has 12 heteroatoms. The van der Waals surface area contributed by atoms with Crippen LogP contribution < -0.4 is 9.47 Å². The second kappa shape index (κ2) is 11.8. The zero-order valence-electron chi connectivity index (χ0n) is 21.0. The number of hydrogen-bond donors (Lipinski definition) is 1. The molecule has 0 saturated heterocycles. The fourth-order valence-electron chi connectivity index (χ4n) is 4.50. The number of ether oxygens (including phenoxy) is 2. The molecule has 0 fully saturated rings. The lowest BCUT2D eigenvalue weighted by Crippen LogP contribution is -2.40. The molecule has 0 aliphatic carbocycles. The van der Waals surface area contributed by atoms with E-state index in [0.717, 1.165) is 23.3 Å². The molecule has 1 unspecified atom stereocenters. The quantitative estimate of drug-likeness (QED) is 0.371. The average molecular weight is 556 g/mol. The first kappa shape index (κ1) is 28.6. The van der Waals surface area contributed by atoms with Crippen LogP contribution >= 0.6 is 0 Å². The molecule has 2 aromatic carbocycles. The highest BCUT2D eigenvalue weighted by atomic mass is 19.4. The van der Waals surface area contributed by atoms with Crippen molar-refractivity contribution in [3.63, 3.8) is 0 Å². The van der Waals surface area contributed by atoms with Gasteiger partial charge in [-0.25, -0.2) is 9.97 Å². The van der Waals surface area contributed by atoms with Gasteiger partial charge in [0.05, 0.1) is 12.8 Å². The Labute approximate surface area is 221 Å². The van der Waals surface area contributed by atoms with Gasteiger partial charge in [0, 0.05) is 25.2 Å². The normalized spacial score (nSPS) is 15.1. The number of aryl methyl sites for hydroxylation is 2. The summed E-state index contributed by atoms with van der Waals surface area (Å²) in [6.07, 6.45) is -9.99. The summed E-state index contributed by atoms with van der Waals surface area (Å²) in [5.74, 6) is -0.484. The monoisotopic (exact) mass is 555 g/mol. The predicted octanol–water partition coefficient (Wildman–Crippen LogP) is 5.11. The first-order chi connectivity index (χ1) is 18.4. The minimum Gasteiger partial charge on any atom is -0.497 e. The van der Waals surface area contributed by atoms with Gasteiger partial charge in [-0.15, -0.1) is 0 Å². The van der Waals surface area contributed by atoms with Gasteiger partial charge < -0.3 is 14.6 Å². The van der Waals surface area contributed by atoms with Crippen molar-refractivity contribution in [3.8, 4) is 11.5 Å². The van der Waals surface area contributed by atoms with Crippen molar-refractivity contribution < 1.29 is 40.9 Å². The van der Waals surface area contributed by atoms with Crippen molar-refractivity contribution in [2.75, 3.05) is 26.8 Å². The van der Waals surface area contributed by atoms with Crippen LogP contribution in [-0.2, 0) is 38.2 Å². The summed E-state index contributed by atoms with van der Waals surface area (Å²) in [5, 5.41) is 10.6. The second-order valence-corrected chi connectivity index (χ2v) is 9.23. The number of alkyl halides is 6. The van der Waals surface area contributed by atoms with Gasteiger partial charge in [0.25, 0.3) is 0 Å². The van der Waals surface area contributed by atoms with Crippen LogP contribution in [0.1, 0.15) is 33.9 Å². The lowest BCUT2D eigenvalue weighted by atomic mass is 10.0. The number of β-amino-alcohol motifs (C(OH)–C–C–N with tert-alkyl or cyclic N) is 1. The zero-order chi connectivity index (χ0) is 28.2. The molecule has 1 aromatic heterocycles. The lowest BCUT2D eigenvalue weighted by Gasteiger charge is -2.31. The number of methoxy groups -OCH3 is 1. The van der Waals surface area contributed by atoms with Gasteiger partial charge in [-0.2, -0.15) is 26.3 Å². The number of nitrogens with zero attached hydrogens (tertiary/aromatic N) is 3. The smallest absolute Gasteiger partial charge is 0.451 e. The molecule has 1 aliphatic heterocycles. The molecule has 3 aromatic rings. The van der Waals surface area contributed by atoms with E-state index in [-0.39, 0.29) is 43.9 Å². The standard InChI is InChI=1S/C27H27F6N3O3/c1-38-20-7-4-5-17(13-20)9-10-18-6-2-3-8-23(18)39-16-19(37)14-36-12-11-21-22(15-36)34-25(27(31,32)33)35-24(21)26(28,29)30/h2-8,13,19,37H,9-12,14-16H2,1H3. The molecule has 0 amide bonds. The fourth-order valence-corrected chi connectivity index (χ4v) is 4.50. The maximum absolute atomic E-state index is 13.4. The minimum atomic E-state index is -5.12. The Kier molecular flexibility index (Phi) is 8.65. The second-order valence-electron chi connectivity index (χ2n) is 9.23. The van der Waals surface area contributed by atoms with Gasteiger partial charge in [0.2, 0.25) is 5.82 Å². The van der Waals surface area contributed by atoms with Crippen molar-refractivity contribution >= 4 is 0 Å². The van der Waals surface area contributed by atoms with Gasteiger partial charge in [0.15, 0.2) is 5.69 Å². The van der Waals surface area contributed by atoms with Crippen molar-refractivity contribution in [2.24, 2.45) is 0 Å². The van der Waals surface area contributed by atoms with E-state index in [2.05, 4.69) is 9.97 Å². The van der Waals surface area contributed by atoms with E-state index in [0.29, 0.717) is 12.2 Å². The highest BCUT2D eigenvalue weighted by Crippen LogP contribution is 2.36. The number of hydrogen-bond acceptors (Lipinski definition) is 6. The topological polar surface area (TPSA) is 67.7 Å². The first-order valence-corrected chi connectivity index (χ1v) is 12.2. The van der Waals surface area contributed by atoms with Crippen LogP contribution in [0.4, 0.5) is 26.3 Å². The van der Waals surface area contributed by atoms with Crippen LogP contribution in [0.15, 0.2) is 48.5 Å². The molecule has 0 bridgehead atoms. The Balaban J connectivity index is 1.38. The third-order valence-electron chi connectivity index (χ3n) is 6.36. The molecular weight excluding hydrogens is 528 g/mol. The molecule has 6 nitrogen and oxygen atoms in total. The van der Waals surface area contributed by atoms with Gasteiger partial charge in [0.1, 0.15) is 24.2 Å². The molecule has 1 N–H and O–H groups in total. The Hall–Kier alpha value is -3.38. The average Bonchev–Trinajstić information content (AvgIpc) is 2.89. The van der Waals surface area contributed by atoms with Crippen molar-refractivity contribution in [1.82, 2.24) is 14.9 Å². The van der Waals surface area contributed by atoms with Crippen molar-refractivity contribution in [2.45, 2.75) is 44.3 Å². The third kappa shape index (κ3) is 7.39. The van der Waals surface area contributed by atoms with Crippen LogP contribution in [0.5, 0.6) is 11.5 Å².